The molecule has 0 aliphatic heterocycles. The van der Waals surface area contributed by atoms with Crippen LogP contribution in [0, 0.1) is 0 Å². The van der Waals surface area contributed by atoms with Crippen molar-refractivity contribution in [1.29, 1.82) is 0 Å². The number of allylic oxidation sites excluding steroid dienone is 2. The molecule has 94 valence electrons. The van der Waals surface area contributed by atoms with Gasteiger partial charge >= 0.3 is 0 Å². The van der Waals surface area contributed by atoms with Crippen LogP contribution in [0.25, 0.3) is 0 Å². The first kappa shape index (κ1) is 14.0. The fourth-order valence-corrected chi connectivity index (χ4v) is 1.86. The van der Waals surface area contributed by atoms with E-state index in [-0.39, 0.29) is 0 Å². The number of aryl methyl sites for hydroxylation is 1. The number of hydrogen-bond donors (Lipinski definition) is 1. The minimum absolute atomic E-state index is 0.554. The van der Waals surface area contributed by atoms with Crippen LogP contribution in [0.1, 0.15) is 45.6 Å². The van der Waals surface area contributed by atoms with Gasteiger partial charge in [0.25, 0.3) is 0 Å². The summed E-state index contributed by atoms with van der Waals surface area (Å²) in [5, 5.41) is 10.3. The Hall–Kier alpha value is -1.08. The fourth-order valence-electron chi connectivity index (χ4n) is 1.86. The van der Waals surface area contributed by atoms with E-state index in [4.69, 9.17) is 0 Å². The topological polar surface area (TPSA) is 20.2 Å². The van der Waals surface area contributed by atoms with Crippen LogP contribution in [0.15, 0.2) is 42.0 Å². The highest BCUT2D eigenvalue weighted by atomic mass is 16.3. The van der Waals surface area contributed by atoms with Gasteiger partial charge in [0.2, 0.25) is 0 Å². The highest BCUT2D eigenvalue weighted by Crippen LogP contribution is 2.20. The maximum absolute atomic E-state index is 10.3. The lowest BCUT2D eigenvalue weighted by atomic mass is 9.92. The molecule has 0 radical (unpaired) electrons. The van der Waals surface area contributed by atoms with E-state index in [0.717, 1.165) is 25.7 Å². The predicted molar refractivity (Wildman–Crippen MR) is 74.1 cm³/mol. The van der Waals surface area contributed by atoms with E-state index in [1.807, 2.05) is 25.1 Å². The van der Waals surface area contributed by atoms with Gasteiger partial charge in [0, 0.05) is 0 Å². The molecule has 1 nitrogen and oxygen atoms in total. The van der Waals surface area contributed by atoms with Crippen LogP contribution in [-0.4, -0.2) is 10.7 Å². The molecule has 0 aliphatic carbocycles. The van der Waals surface area contributed by atoms with E-state index in [2.05, 4.69) is 32.1 Å². The predicted octanol–water partition coefficient (Wildman–Crippen LogP) is 4.12. The minimum atomic E-state index is -0.554. The molecule has 0 saturated heterocycles. The summed E-state index contributed by atoms with van der Waals surface area (Å²) in [6.45, 7) is 6.13. The molecular weight excluding hydrogens is 208 g/mol. The van der Waals surface area contributed by atoms with Crippen LogP contribution >= 0.6 is 0 Å². The first-order valence-electron chi connectivity index (χ1n) is 6.39. The Balaban J connectivity index is 2.36. The average Bonchev–Trinajstić information content (AvgIpc) is 2.27. The summed E-state index contributed by atoms with van der Waals surface area (Å²) in [7, 11) is 0. The second-order valence-corrected chi connectivity index (χ2v) is 5.30. The Morgan fingerprint density at radius 3 is 2.41 bits per heavy atom. The lowest BCUT2D eigenvalue weighted by Gasteiger charge is -2.22. The normalized spacial score (nSPS) is 14.1. The number of benzene rings is 1. The second kappa shape index (κ2) is 6.61. The van der Waals surface area contributed by atoms with Gasteiger partial charge in [-0.2, -0.15) is 0 Å². The highest BCUT2D eigenvalue weighted by molar-refractivity contribution is 5.15. The summed E-state index contributed by atoms with van der Waals surface area (Å²) in [4.78, 5) is 0. The van der Waals surface area contributed by atoms with Crippen molar-refractivity contribution in [2.24, 2.45) is 0 Å². The molecule has 0 spiro atoms. The van der Waals surface area contributed by atoms with Gasteiger partial charge in [-0.05, 0) is 52.0 Å². The third kappa shape index (κ3) is 6.28. The third-order valence-electron chi connectivity index (χ3n) is 3.03. The Labute approximate surface area is 105 Å². The molecule has 0 amide bonds. The zero-order chi connectivity index (χ0) is 12.7. The second-order valence-electron chi connectivity index (χ2n) is 5.30. The first-order valence-corrected chi connectivity index (χ1v) is 6.39. The molecular formula is C16H24O. The van der Waals surface area contributed by atoms with E-state index < -0.39 is 5.60 Å². The Kier molecular flexibility index (Phi) is 5.43. The van der Waals surface area contributed by atoms with E-state index in [0.29, 0.717) is 0 Å². The van der Waals surface area contributed by atoms with Gasteiger partial charge in [-0.25, -0.2) is 0 Å². The maximum atomic E-state index is 10.3. The van der Waals surface area contributed by atoms with Crippen LogP contribution in [0.2, 0.25) is 0 Å². The van der Waals surface area contributed by atoms with Crippen molar-refractivity contribution in [2.75, 3.05) is 0 Å². The third-order valence-corrected chi connectivity index (χ3v) is 3.03. The lowest BCUT2D eigenvalue weighted by molar-refractivity contribution is 0.0432. The quantitative estimate of drug-likeness (QED) is 0.732. The van der Waals surface area contributed by atoms with Gasteiger partial charge in [0.1, 0.15) is 0 Å². The molecule has 0 saturated carbocycles. The molecule has 1 unspecified atom stereocenters. The van der Waals surface area contributed by atoms with E-state index in [1.165, 1.54) is 11.1 Å². The lowest BCUT2D eigenvalue weighted by Crippen LogP contribution is -2.24. The smallest absolute Gasteiger partial charge is 0.0625 e. The summed E-state index contributed by atoms with van der Waals surface area (Å²) >= 11 is 0. The maximum Gasteiger partial charge on any atom is 0.0625 e. The van der Waals surface area contributed by atoms with Gasteiger partial charge in [-0.1, -0.05) is 42.0 Å². The summed E-state index contributed by atoms with van der Waals surface area (Å²) < 4.78 is 0. The van der Waals surface area contributed by atoms with Crippen LogP contribution in [0.5, 0.6) is 0 Å². The molecule has 1 heteroatoms. The Bertz CT molecular complexity index is 345. The molecule has 0 aromatic heterocycles. The van der Waals surface area contributed by atoms with Crippen molar-refractivity contribution >= 4 is 0 Å². The fraction of sp³-hybridized carbons (Fsp3) is 0.500. The van der Waals surface area contributed by atoms with Crippen LogP contribution in [0.4, 0.5) is 0 Å². The number of aliphatic hydroxyl groups is 1. The molecule has 0 fully saturated rings. The van der Waals surface area contributed by atoms with Gasteiger partial charge < -0.3 is 5.11 Å². The zero-order valence-corrected chi connectivity index (χ0v) is 11.2. The molecule has 17 heavy (non-hydrogen) atoms. The largest absolute Gasteiger partial charge is 0.390 e. The van der Waals surface area contributed by atoms with Crippen LogP contribution in [0.3, 0.4) is 0 Å². The first-order chi connectivity index (χ1) is 7.99. The van der Waals surface area contributed by atoms with E-state index >= 15 is 0 Å². The molecule has 0 bridgehead atoms. The average molecular weight is 232 g/mol. The Morgan fingerprint density at radius 2 is 1.82 bits per heavy atom. The van der Waals surface area contributed by atoms with Crippen molar-refractivity contribution < 1.29 is 5.11 Å². The standard InChI is InChI=1S/C16H24O/c1-14(2)8-7-12-16(3,17)13-11-15-9-5-4-6-10-15/h4-6,8-10,17H,7,11-13H2,1-3H3. The molecule has 1 rings (SSSR count). The van der Waals surface area contributed by atoms with Crippen molar-refractivity contribution in [2.45, 2.75) is 52.1 Å². The van der Waals surface area contributed by atoms with Crippen molar-refractivity contribution in [3.05, 3.63) is 47.5 Å². The minimum Gasteiger partial charge on any atom is -0.390 e. The van der Waals surface area contributed by atoms with Crippen molar-refractivity contribution in [3.63, 3.8) is 0 Å². The number of hydrogen-bond acceptors (Lipinski definition) is 1. The molecule has 1 aromatic carbocycles. The van der Waals surface area contributed by atoms with Crippen LogP contribution < -0.4 is 0 Å². The monoisotopic (exact) mass is 232 g/mol. The SMILES string of the molecule is CC(C)=CCCC(C)(O)CCc1ccccc1. The van der Waals surface area contributed by atoms with Gasteiger partial charge in [-0.15, -0.1) is 0 Å². The van der Waals surface area contributed by atoms with Crippen molar-refractivity contribution in [1.82, 2.24) is 0 Å². The Morgan fingerprint density at radius 1 is 1.18 bits per heavy atom. The van der Waals surface area contributed by atoms with Crippen LogP contribution in [-0.2, 0) is 6.42 Å². The highest BCUT2D eigenvalue weighted by Gasteiger charge is 2.18. The summed E-state index contributed by atoms with van der Waals surface area (Å²) in [6, 6.07) is 10.4. The molecule has 1 aromatic rings. The zero-order valence-electron chi connectivity index (χ0n) is 11.2. The van der Waals surface area contributed by atoms with Gasteiger partial charge in [-0.3, -0.25) is 0 Å². The van der Waals surface area contributed by atoms with E-state index in [1.54, 1.807) is 0 Å². The summed E-state index contributed by atoms with van der Waals surface area (Å²) in [5.74, 6) is 0. The van der Waals surface area contributed by atoms with Gasteiger partial charge in [0.15, 0.2) is 0 Å². The molecule has 1 atom stereocenters. The molecule has 0 heterocycles. The molecule has 0 aliphatic rings. The molecule has 1 N–H and O–H groups in total. The summed E-state index contributed by atoms with van der Waals surface area (Å²) in [5.41, 5.74) is 2.07. The van der Waals surface area contributed by atoms with Gasteiger partial charge in [0.05, 0.1) is 5.60 Å². The van der Waals surface area contributed by atoms with E-state index in [9.17, 15) is 5.11 Å². The summed E-state index contributed by atoms with van der Waals surface area (Å²) in [6.07, 6.45) is 5.77. The van der Waals surface area contributed by atoms with Crippen molar-refractivity contribution in [3.8, 4) is 0 Å². The number of rotatable bonds is 6.